The summed E-state index contributed by atoms with van der Waals surface area (Å²) in [5.41, 5.74) is 5.59. The zero-order valence-electron chi connectivity index (χ0n) is 8.69. The standard InChI is InChI=1S/C10H16N2O2/c1-10(2,11)9(13)7-5-4-6-8(12-7)14-3/h4-6,9,13H,11H2,1-3H3. The van der Waals surface area contributed by atoms with Gasteiger partial charge in [0.2, 0.25) is 5.88 Å². The summed E-state index contributed by atoms with van der Waals surface area (Å²) in [6.45, 7) is 3.50. The van der Waals surface area contributed by atoms with Crippen LogP contribution in [-0.4, -0.2) is 22.7 Å². The van der Waals surface area contributed by atoms with Crippen molar-refractivity contribution >= 4 is 0 Å². The second kappa shape index (κ2) is 3.94. The van der Waals surface area contributed by atoms with Gasteiger partial charge in [-0.2, -0.15) is 0 Å². The molecule has 0 radical (unpaired) electrons. The zero-order chi connectivity index (χ0) is 10.8. The quantitative estimate of drug-likeness (QED) is 0.752. The van der Waals surface area contributed by atoms with E-state index in [4.69, 9.17) is 10.5 Å². The van der Waals surface area contributed by atoms with E-state index in [-0.39, 0.29) is 0 Å². The van der Waals surface area contributed by atoms with Crippen molar-refractivity contribution in [3.63, 3.8) is 0 Å². The molecule has 1 aromatic heterocycles. The van der Waals surface area contributed by atoms with Gasteiger partial charge in [-0.05, 0) is 19.9 Å². The molecule has 0 aromatic carbocycles. The molecule has 4 nitrogen and oxygen atoms in total. The van der Waals surface area contributed by atoms with E-state index < -0.39 is 11.6 Å². The monoisotopic (exact) mass is 196 g/mol. The average Bonchev–Trinajstić information content (AvgIpc) is 2.15. The van der Waals surface area contributed by atoms with Gasteiger partial charge in [0.1, 0.15) is 6.10 Å². The van der Waals surface area contributed by atoms with Gasteiger partial charge in [0.15, 0.2) is 0 Å². The fourth-order valence-corrected chi connectivity index (χ4v) is 1.08. The number of aliphatic hydroxyl groups excluding tert-OH is 1. The lowest BCUT2D eigenvalue weighted by Crippen LogP contribution is -2.39. The predicted octanol–water partition coefficient (Wildman–Crippen LogP) is 0.861. The second-order valence-corrected chi connectivity index (χ2v) is 3.83. The van der Waals surface area contributed by atoms with Gasteiger partial charge in [0, 0.05) is 11.6 Å². The van der Waals surface area contributed by atoms with Crippen LogP contribution < -0.4 is 10.5 Å². The molecule has 0 amide bonds. The highest BCUT2D eigenvalue weighted by Crippen LogP contribution is 2.22. The molecule has 0 aliphatic heterocycles. The van der Waals surface area contributed by atoms with E-state index in [1.807, 2.05) is 0 Å². The Balaban J connectivity index is 2.95. The first-order valence-electron chi connectivity index (χ1n) is 4.43. The molecule has 0 fully saturated rings. The fraction of sp³-hybridized carbons (Fsp3) is 0.500. The van der Waals surface area contributed by atoms with Gasteiger partial charge < -0.3 is 15.6 Å². The van der Waals surface area contributed by atoms with Gasteiger partial charge >= 0.3 is 0 Å². The predicted molar refractivity (Wildman–Crippen MR) is 54.0 cm³/mol. The normalized spacial score (nSPS) is 13.8. The lowest BCUT2D eigenvalue weighted by molar-refractivity contribution is 0.0997. The van der Waals surface area contributed by atoms with Crippen molar-refractivity contribution in [2.45, 2.75) is 25.5 Å². The molecule has 0 saturated carbocycles. The SMILES string of the molecule is COc1cccc(C(O)C(C)(C)N)n1. The number of rotatable bonds is 3. The molecule has 1 atom stereocenters. The van der Waals surface area contributed by atoms with Crippen LogP contribution in [0.3, 0.4) is 0 Å². The van der Waals surface area contributed by atoms with E-state index in [1.54, 1.807) is 32.0 Å². The highest BCUT2D eigenvalue weighted by Gasteiger charge is 2.25. The average molecular weight is 196 g/mol. The third-order valence-corrected chi connectivity index (χ3v) is 1.94. The van der Waals surface area contributed by atoms with Crippen LogP contribution in [0.1, 0.15) is 25.6 Å². The maximum absolute atomic E-state index is 9.83. The van der Waals surface area contributed by atoms with Crippen molar-refractivity contribution in [2.75, 3.05) is 7.11 Å². The zero-order valence-corrected chi connectivity index (χ0v) is 8.69. The van der Waals surface area contributed by atoms with E-state index in [1.165, 1.54) is 7.11 Å². The van der Waals surface area contributed by atoms with Gasteiger partial charge in [-0.15, -0.1) is 0 Å². The first-order chi connectivity index (χ1) is 6.45. The highest BCUT2D eigenvalue weighted by molar-refractivity contribution is 5.19. The Hall–Kier alpha value is -1.13. The molecule has 0 saturated heterocycles. The Morgan fingerprint density at radius 2 is 2.14 bits per heavy atom. The van der Waals surface area contributed by atoms with Crippen LogP contribution in [0, 0.1) is 0 Å². The molecule has 0 bridgehead atoms. The minimum absolute atomic E-state index is 0.478. The van der Waals surface area contributed by atoms with Crippen LogP contribution in [0.5, 0.6) is 5.88 Å². The fourth-order valence-electron chi connectivity index (χ4n) is 1.08. The summed E-state index contributed by atoms with van der Waals surface area (Å²) in [7, 11) is 1.53. The number of aliphatic hydroxyl groups is 1. The van der Waals surface area contributed by atoms with Gasteiger partial charge in [0.05, 0.1) is 12.8 Å². The highest BCUT2D eigenvalue weighted by atomic mass is 16.5. The molecule has 78 valence electrons. The number of hydrogen-bond acceptors (Lipinski definition) is 4. The van der Waals surface area contributed by atoms with Gasteiger partial charge in [-0.25, -0.2) is 4.98 Å². The summed E-state index contributed by atoms with van der Waals surface area (Å²) in [4.78, 5) is 4.11. The molecule has 0 spiro atoms. The van der Waals surface area contributed by atoms with E-state index >= 15 is 0 Å². The number of ether oxygens (including phenoxy) is 1. The van der Waals surface area contributed by atoms with Crippen LogP contribution >= 0.6 is 0 Å². The Kier molecular flexibility index (Phi) is 3.08. The van der Waals surface area contributed by atoms with Gasteiger partial charge in [-0.3, -0.25) is 0 Å². The summed E-state index contributed by atoms with van der Waals surface area (Å²) in [6.07, 6.45) is -0.794. The van der Waals surface area contributed by atoms with E-state index in [0.29, 0.717) is 11.6 Å². The van der Waals surface area contributed by atoms with Crippen LogP contribution in [-0.2, 0) is 0 Å². The molecule has 1 unspecified atom stereocenters. The van der Waals surface area contributed by atoms with Gasteiger partial charge in [-0.1, -0.05) is 6.07 Å². The Morgan fingerprint density at radius 3 is 2.64 bits per heavy atom. The van der Waals surface area contributed by atoms with E-state index in [9.17, 15) is 5.11 Å². The van der Waals surface area contributed by atoms with Crippen LogP contribution in [0.4, 0.5) is 0 Å². The molecule has 3 N–H and O–H groups in total. The Labute approximate surface area is 83.7 Å². The molecular formula is C10H16N2O2. The largest absolute Gasteiger partial charge is 0.481 e. The minimum atomic E-state index is -0.794. The number of pyridine rings is 1. The van der Waals surface area contributed by atoms with E-state index in [0.717, 1.165) is 0 Å². The third kappa shape index (κ3) is 2.43. The number of aromatic nitrogens is 1. The van der Waals surface area contributed by atoms with Crippen molar-refractivity contribution in [3.05, 3.63) is 23.9 Å². The van der Waals surface area contributed by atoms with Crippen molar-refractivity contribution in [1.29, 1.82) is 0 Å². The minimum Gasteiger partial charge on any atom is -0.481 e. The van der Waals surface area contributed by atoms with E-state index in [2.05, 4.69) is 4.98 Å². The Morgan fingerprint density at radius 1 is 1.50 bits per heavy atom. The van der Waals surface area contributed by atoms with Crippen LogP contribution in [0.2, 0.25) is 0 Å². The smallest absolute Gasteiger partial charge is 0.213 e. The topological polar surface area (TPSA) is 68.4 Å². The molecule has 1 heterocycles. The van der Waals surface area contributed by atoms with Gasteiger partial charge in [0.25, 0.3) is 0 Å². The molecular weight excluding hydrogens is 180 g/mol. The van der Waals surface area contributed by atoms with Crippen molar-refractivity contribution in [1.82, 2.24) is 4.98 Å². The first-order valence-corrected chi connectivity index (χ1v) is 4.43. The summed E-state index contributed by atoms with van der Waals surface area (Å²) in [5.74, 6) is 0.478. The molecule has 4 heteroatoms. The summed E-state index contributed by atoms with van der Waals surface area (Å²) in [5, 5.41) is 9.83. The Bertz CT molecular complexity index is 307. The maximum atomic E-state index is 9.83. The number of methoxy groups -OCH3 is 1. The van der Waals surface area contributed by atoms with Crippen LogP contribution in [0.15, 0.2) is 18.2 Å². The lowest BCUT2D eigenvalue weighted by atomic mass is 9.96. The lowest BCUT2D eigenvalue weighted by Gasteiger charge is -2.25. The molecule has 0 aliphatic carbocycles. The molecule has 1 aromatic rings. The van der Waals surface area contributed by atoms with Crippen molar-refractivity contribution in [2.24, 2.45) is 5.73 Å². The number of hydrogen-bond donors (Lipinski definition) is 2. The summed E-state index contributed by atoms with van der Waals surface area (Å²) in [6, 6.07) is 5.22. The first kappa shape index (κ1) is 10.9. The maximum Gasteiger partial charge on any atom is 0.213 e. The number of nitrogens with zero attached hydrogens (tertiary/aromatic N) is 1. The second-order valence-electron chi connectivity index (χ2n) is 3.83. The summed E-state index contributed by atoms with van der Waals surface area (Å²) < 4.78 is 4.95. The molecule has 0 aliphatic rings. The third-order valence-electron chi connectivity index (χ3n) is 1.94. The molecule has 1 rings (SSSR count). The van der Waals surface area contributed by atoms with Crippen molar-refractivity contribution < 1.29 is 9.84 Å². The van der Waals surface area contributed by atoms with Crippen molar-refractivity contribution in [3.8, 4) is 5.88 Å². The molecule has 14 heavy (non-hydrogen) atoms. The summed E-state index contributed by atoms with van der Waals surface area (Å²) >= 11 is 0. The number of nitrogens with two attached hydrogens (primary N) is 1. The van der Waals surface area contributed by atoms with Crippen LogP contribution in [0.25, 0.3) is 0 Å².